The molecular formula is C35H48ClN3O3. The van der Waals surface area contributed by atoms with Crippen LogP contribution in [-0.2, 0) is 9.53 Å². The first-order valence-corrected chi connectivity index (χ1v) is 16.0. The summed E-state index contributed by atoms with van der Waals surface area (Å²) in [5.74, 6) is 1.18. The van der Waals surface area contributed by atoms with Gasteiger partial charge in [-0.15, -0.1) is 0 Å². The first-order chi connectivity index (χ1) is 19.9. The number of hydrogen-bond donors (Lipinski definition) is 1. The van der Waals surface area contributed by atoms with Crippen molar-refractivity contribution in [3.8, 4) is 0 Å². The Bertz CT molecular complexity index is 1260. The zero-order chi connectivity index (χ0) is 30.5. The van der Waals surface area contributed by atoms with Crippen LogP contribution in [0.3, 0.4) is 0 Å². The molecule has 4 rings (SSSR count). The molecule has 1 saturated carbocycles. The van der Waals surface area contributed by atoms with Crippen molar-refractivity contribution in [3.63, 3.8) is 0 Å². The topological polar surface area (TPSA) is 71.0 Å². The number of rotatable bonds is 11. The van der Waals surface area contributed by atoms with Gasteiger partial charge in [0.25, 0.3) is 11.8 Å². The fourth-order valence-corrected chi connectivity index (χ4v) is 6.63. The van der Waals surface area contributed by atoms with Crippen molar-refractivity contribution < 1.29 is 14.3 Å². The quantitative estimate of drug-likeness (QED) is 0.268. The molecule has 2 aromatic rings. The molecule has 1 N–H and O–H groups in total. The maximum absolute atomic E-state index is 14.2. The van der Waals surface area contributed by atoms with E-state index in [4.69, 9.17) is 21.3 Å². The number of carbonyl (C=O) groups excluding carboxylic acids is 2. The smallest absolute Gasteiger partial charge is 0.275 e. The summed E-state index contributed by atoms with van der Waals surface area (Å²) >= 11 is 6.32. The highest BCUT2D eigenvalue weighted by Gasteiger charge is 2.51. The Kier molecular flexibility index (Phi) is 10.5. The van der Waals surface area contributed by atoms with Crippen LogP contribution in [0.15, 0.2) is 53.5 Å². The van der Waals surface area contributed by atoms with Gasteiger partial charge in [0.2, 0.25) is 0 Å². The summed E-state index contributed by atoms with van der Waals surface area (Å²) in [5.41, 5.74) is 2.16. The summed E-state index contributed by atoms with van der Waals surface area (Å²) in [5, 5.41) is 3.59. The number of nitrogens with one attached hydrogen (secondary N) is 1. The average Bonchev–Trinajstić information content (AvgIpc) is 3.21. The molecule has 0 radical (unpaired) electrons. The molecule has 1 aliphatic carbocycles. The number of amides is 2. The maximum atomic E-state index is 14.2. The lowest BCUT2D eigenvalue weighted by Crippen LogP contribution is -2.50. The van der Waals surface area contributed by atoms with Gasteiger partial charge in [-0.05, 0) is 107 Å². The molecule has 2 aliphatic rings. The lowest BCUT2D eigenvalue weighted by atomic mass is 9.77. The van der Waals surface area contributed by atoms with Crippen molar-refractivity contribution in [2.45, 2.75) is 104 Å². The van der Waals surface area contributed by atoms with Gasteiger partial charge < -0.3 is 15.0 Å². The molecule has 6 nitrogen and oxygen atoms in total. The van der Waals surface area contributed by atoms with E-state index in [2.05, 4.69) is 31.0 Å². The van der Waals surface area contributed by atoms with E-state index in [1.165, 1.54) is 6.42 Å². The van der Waals surface area contributed by atoms with Crippen LogP contribution in [0.5, 0.6) is 0 Å². The number of hydrogen-bond acceptors (Lipinski definition) is 4. The second-order valence-corrected chi connectivity index (χ2v) is 13.8. The second kappa shape index (κ2) is 13.7. The van der Waals surface area contributed by atoms with E-state index in [9.17, 15) is 9.59 Å². The van der Waals surface area contributed by atoms with Crippen molar-refractivity contribution in [1.29, 1.82) is 0 Å². The molecule has 228 valence electrons. The standard InChI is InChI=1S/C35H48ClN3O3/c1-7-30(26-12-14-27(15-13-26)32(40)37-20-9-21-42-34(4,5)6)39-33(41)31(28-10-8-11-29(36)23-28)38-35(39)18-16-25(17-19-35)22-24(2)3/h8,10-15,23-25,30H,7,9,16-22H2,1-6H3,(H,37,40). The highest BCUT2D eigenvalue weighted by molar-refractivity contribution is 6.47. The highest BCUT2D eigenvalue weighted by atomic mass is 35.5. The molecule has 1 atom stereocenters. The monoisotopic (exact) mass is 593 g/mol. The fraction of sp³-hybridized carbons (Fsp3) is 0.571. The van der Waals surface area contributed by atoms with Crippen molar-refractivity contribution in [3.05, 3.63) is 70.2 Å². The van der Waals surface area contributed by atoms with Crippen LogP contribution in [0.2, 0.25) is 5.02 Å². The Hall–Kier alpha value is -2.70. The minimum absolute atomic E-state index is 0.0364. The SMILES string of the molecule is CCC(c1ccc(C(=O)NCCCOC(C)(C)C)cc1)N1C(=O)C(c2cccc(Cl)c2)=NC12CCC(CC(C)C)CC2. The molecule has 2 aromatic carbocycles. The van der Waals surface area contributed by atoms with Gasteiger partial charge >= 0.3 is 0 Å². The van der Waals surface area contributed by atoms with E-state index in [0.717, 1.165) is 49.7 Å². The molecule has 0 aromatic heterocycles. The minimum Gasteiger partial charge on any atom is -0.376 e. The van der Waals surface area contributed by atoms with Crippen LogP contribution >= 0.6 is 11.6 Å². The summed E-state index contributed by atoms with van der Waals surface area (Å²) in [6, 6.07) is 15.0. The number of ether oxygens (including phenoxy) is 1. The molecule has 2 amide bonds. The van der Waals surface area contributed by atoms with Crippen molar-refractivity contribution in [2.75, 3.05) is 13.2 Å². The molecule has 1 heterocycles. The number of aliphatic imine (C=N–C) groups is 1. The van der Waals surface area contributed by atoms with E-state index in [1.807, 2.05) is 69.3 Å². The predicted molar refractivity (Wildman–Crippen MR) is 171 cm³/mol. The van der Waals surface area contributed by atoms with E-state index >= 15 is 0 Å². The molecule has 1 spiro atoms. The Morgan fingerprint density at radius 1 is 1.14 bits per heavy atom. The third kappa shape index (κ3) is 7.82. The van der Waals surface area contributed by atoms with Gasteiger partial charge in [0.05, 0.1) is 11.6 Å². The third-order valence-corrected chi connectivity index (χ3v) is 8.63. The molecule has 7 heteroatoms. The summed E-state index contributed by atoms with van der Waals surface area (Å²) in [4.78, 5) is 34.3. The van der Waals surface area contributed by atoms with Gasteiger partial charge in [-0.2, -0.15) is 0 Å². The first kappa shape index (κ1) is 32.2. The first-order valence-electron chi connectivity index (χ1n) is 15.6. The lowest BCUT2D eigenvalue weighted by molar-refractivity contribution is -0.133. The molecule has 42 heavy (non-hydrogen) atoms. The van der Waals surface area contributed by atoms with E-state index in [1.54, 1.807) is 0 Å². The lowest BCUT2D eigenvalue weighted by Gasteiger charge is -2.45. The fourth-order valence-electron chi connectivity index (χ4n) is 6.44. The van der Waals surface area contributed by atoms with Crippen molar-refractivity contribution >= 4 is 29.1 Å². The van der Waals surface area contributed by atoms with Crippen LogP contribution in [0.25, 0.3) is 0 Å². The summed E-state index contributed by atoms with van der Waals surface area (Å²) in [7, 11) is 0. The summed E-state index contributed by atoms with van der Waals surface area (Å²) in [6.45, 7) is 13.9. The zero-order valence-electron chi connectivity index (χ0n) is 26.2. The van der Waals surface area contributed by atoms with Crippen LogP contribution in [-0.4, -0.2) is 46.8 Å². The number of benzene rings is 2. The predicted octanol–water partition coefficient (Wildman–Crippen LogP) is 7.99. The summed E-state index contributed by atoms with van der Waals surface area (Å²) in [6.07, 6.45) is 6.55. The Labute approximate surface area is 257 Å². The number of nitrogens with zero attached hydrogens (tertiary/aromatic N) is 2. The van der Waals surface area contributed by atoms with Crippen molar-refractivity contribution in [1.82, 2.24) is 10.2 Å². The van der Waals surface area contributed by atoms with E-state index in [-0.39, 0.29) is 23.5 Å². The van der Waals surface area contributed by atoms with Crippen LogP contribution in [0.1, 0.15) is 114 Å². The summed E-state index contributed by atoms with van der Waals surface area (Å²) < 4.78 is 5.74. The Balaban J connectivity index is 1.53. The molecule has 0 bridgehead atoms. The van der Waals surface area contributed by atoms with E-state index in [0.29, 0.717) is 41.3 Å². The minimum atomic E-state index is -0.561. The van der Waals surface area contributed by atoms with Gasteiger partial charge in [-0.1, -0.05) is 56.6 Å². The van der Waals surface area contributed by atoms with Gasteiger partial charge in [-0.3, -0.25) is 14.6 Å². The number of carbonyl (C=O) groups is 2. The van der Waals surface area contributed by atoms with Gasteiger partial charge in [0, 0.05) is 29.3 Å². The van der Waals surface area contributed by atoms with Crippen molar-refractivity contribution in [2.24, 2.45) is 16.8 Å². The average molecular weight is 594 g/mol. The largest absolute Gasteiger partial charge is 0.376 e. The van der Waals surface area contributed by atoms with Crippen LogP contribution in [0.4, 0.5) is 0 Å². The van der Waals surface area contributed by atoms with Crippen LogP contribution in [0, 0.1) is 11.8 Å². The van der Waals surface area contributed by atoms with Gasteiger partial charge in [0.15, 0.2) is 0 Å². The molecule has 1 aliphatic heterocycles. The molecule has 1 unspecified atom stereocenters. The molecular weight excluding hydrogens is 546 g/mol. The van der Waals surface area contributed by atoms with Gasteiger partial charge in [-0.25, -0.2) is 0 Å². The molecule has 0 saturated heterocycles. The zero-order valence-corrected chi connectivity index (χ0v) is 27.0. The normalized spacial score (nSPS) is 21.6. The Morgan fingerprint density at radius 2 is 1.83 bits per heavy atom. The molecule has 1 fully saturated rings. The second-order valence-electron chi connectivity index (χ2n) is 13.3. The highest BCUT2D eigenvalue weighted by Crippen LogP contribution is 2.47. The third-order valence-electron chi connectivity index (χ3n) is 8.40. The van der Waals surface area contributed by atoms with E-state index < -0.39 is 5.66 Å². The maximum Gasteiger partial charge on any atom is 0.275 e. The number of halogens is 1. The van der Waals surface area contributed by atoms with Crippen LogP contribution < -0.4 is 5.32 Å². The van der Waals surface area contributed by atoms with Gasteiger partial charge in [0.1, 0.15) is 11.4 Å². The Morgan fingerprint density at radius 3 is 2.43 bits per heavy atom.